The van der Waals surface area contributed by atoms with Crippen LogP contribution in [-0.2, 0) is 16.0 Å². The number of hydrogen-bond donors (Lipinski definition) is 1. The van der Waals surface area contributed by atoms with Crippen molar-refractivity contribution in [1.29, 1.82) is 0 Å². The minimum atomic E-state index is -0.835. The van der Waals surface area contributed by atoms with Crippen LogP contribution in [-0.4, -0.2) is 42.1 Å². The number of carbonyl (C=O) groups is 2. The van der Waals surface area contributed by atoms with Crippen molar-refractivity contribution in [2.75, 3.05) is 20.2 Å². The molecule has 1 amide bonds. The Hall–Kier alpha value is -1.56. The summed E-state index contributed by atoms with van der Waals surface area (Å²) in [7, 11) is 1.57. The van der Waals surface area contributed by atoms with Crippen LogP contribution < -0.4 is 4.74 Å². The highest BCUT2D eigenvalue weighted by molar-refractivity contribution is 9.10. The number of nitrogens with zero attached hydrogens (tertiary/aromatic N) is 1. The number of likely N-dealkylation sites (tertiary alicyclic amines) is 1. The van der Waals surface area contributed by atoms with E-state index < -0.39 is 11.9 Å². The molecule has 2 atom stereocenters. The summed E-state index contributed by atoms with van der Waals surface area (Å²) >= 11 is 3.38. The first-order chi connectivity index (χ1) is 9.92. The number of hydrogen-bond acceptors (Lipinski definition) is 3. The Morgan fingerprint density at radius 1 is 1.43 bits per heavy atom. The van der Waals surface area contributed by atoms with Crippen molar-refractivity contribution in [1.82, 2.24) is 4.90 Å². The summed E-state index contributed by atoms with van der Waals surface area (Å²) in [4.78, 5) is 25.1. The van der Waals surface area contributed by atoms with Gasteiger partial charge in [0.05, 0.1) is 19.4 Å². The number of methoxy groups -OCH3 is 1. The molecule has 1 aliphatic heterocycles. The summed E-state index contributed by atoms with van der Waals surface area (Å²) in [5, 5.41) is 9.13. The summed E-state index contributed by atoms with van der Waals surface area (Å²) in [5.41, 5.74) is 0.795. The van der Waals surface area contributed by atoms with E-state index in [1.165, 1.54) is 0 Å². The van der Waals surface area contributed by atoms with Crippen molar-refractivity contribution in [2.24, 2.45) is 11.8 Å². The van der Waals surface area contributed by atoms with E-state index in [1.807, 2.05) is 19.1 Å². The van der Waals surface area contributed by atoms with Gasteiger partial charge in [0.2, 0.25) is 5.91 Å². The van der Waals surface area contributed by atoms with E-state index in [0.29, 0.717) is 12.3 Å². The first-order valence-corrected chi connectivity index (χ1v) is 7.54. The quantitative estimate of drug-likeness (QED) is 0.898. The number of carbonyl (C=O) groups excluding carboxylic acids is 1. The molecule has 0 aliphatic carbocycles. The van der Waals surface area contributed by atoms with E-state index in [1.54, 1.807) is 18.1 Å². The van der Waals surface area contributed by atoms with Gasteiger partial charge in [0, 0.05) is 23.1 Å². The Kier molecular flexibility index (Phi) is 4.88. The number of aliphatic carboxylic acids is 1. The van der Waals surface area contributed by atoms with Crippen LogP contribution in [0.15, 0.2) is 22.7 Å². The van der Waals surface area contributed by atoms with E-state index in [-0.39, 0.29) is 24.8 Å². The van der Waals surface area contributed by atoms with Gasteiger partial charge < -0.3 is 14.7 Å². The Labute approximate surface area is 132 Å². The monoisotopic (exact) mass is 355 g/mol. The number of halogens is 1. The van der Waals surface area contributed by atoms with Crippen LogP contribution in [0.5, 0.6) is 5.75 Å². The molecule has 1 aromatic carbocycles. The van der Waals surface area contributed by atoms with Gasteiger partial charge in [-0.05, 0) is 24.1 Å². The lowest BCUT2D eigenvalue weighted by Gasteiger charge is -2.17. The maximum absolute atomic E-state index is 12.4. The predicted octanol–water partition coefficient (Wildman–Crippen LogP) is 2.18. The molecule has 2 rings (SSSR count). The Morgan fingerprint density at radius 2 is 2.14 bits per heavy atom. The van der Waals surface area contributed by atoms with Crippen LogP contribution in [0.2, 0.25) is 0 Å². The number of carboxylic acid groups (broad SMARTS) is 1. The lowest BCUT2D eigenvalue weighted by Crippen LogP contribution is -2.31. The highest BCUT2D eigenvalue weighted by atomic mass is 79.9. The third kappa shape index (κ3) is 3.56. The van der Waals surface area contributed by atoms with Gasteiger partial charge in [-0.15, -0.1) is 0 Å². The Bertz CT molecular complexity index is 561. The number of ether oxygens (including phenoxy) is 1. The van der Waals surface area contributed by atoms with Gasteiger partial charge in [-0.25, -0.2) is 0 Å². The van der Waals surface area contributed by atoms with Gasteiger partial charge in [0.15, 0.2) is 0 Å². The summed E-state index contributed by atoms with van der Waals surface area (Å²) in [5.74, 6) is -0.734. The molecule has 21 heavy (non-hydrogen) atoms. The van der Waals surface area contributed by atoms with Gasteiger partial charge in [0.25, 0.3) is 0 Å². The van der Waals surface area contributed by atoms with Crippen LogP contribution in [0, 0.1) is 11.8 Å². The van der Waals surface area contributed by atoms with E-state index in [4.69, 9.17) is 9.84 Å². The van der Waals surface area contributed by atoms with Crippen molar-refractivity contribution >= 4 is 27.8 Å². The first kappa shape index (κ1) is 15.8. The number of benzene rings is 1. The average Bonchev–Trinajstić information content (AvgIpc) is 2.81. The van der Waals surface area contributed by atoms with Crippen molar-refractivity contribution in [3.05, 3.63) is 28.2 Å². The van der Waals surface area contributed by atoms with Crippen LogP contribution in [0.4, 0.5) is 0 Å². The molecule has 114 valence electrons. The number of carboxylic acids is 1. The smallest absolute Gasteiger partial charge is 0.308 e. The highest BCUT2D eigenvalue weighted by Crippen LogP contribution is 2.27. The molecule has 1 heterocycles. The van der Waals surface area contributed by atoms with E-state index in [0.717, 1.165) is 10.0 Å². The van der Waals surface area contributed by atoms with Crippen LogP contribution >= 0.6 is 15.9 Å². The molecule has 0 saturated carbocycles. The molecule has 1 aromatic rings. The maximum Gasteiger partial charge on any atom is 0.308 e. The molecule has 1 saturated heterocycles. The molecule has 1 fully saturated rings. The fourth-order valence-electron chi connectivity index (χ4n) is 2.65. The van der Waals surface area contributed by atoms with Crippen LogP contribution in [0.1, 0.15) is 12.5 Å². The summed E-state index contributed by atoms with van der Waals surface area (Å²) in [6.45, 7) is 2.64. The standard InChI is InChI=1S/C15H18BrNO4/c1-9-7-17(8-12(9)15(19)20)14(18)6-10-5-11(16)3-4-13(10)21-2/h3-5,9,12H,6-8H2,1-2H3,(H,19,20)/t9-,12-/m1/s1. The number of amides is 1. The first-order valence-electron chi connectivity index (χ1n) is 6.75. The zero-order valence-corrected chi connectivity index (χ0v) is 13.6. The van der Waals surface area contributed by atoms with Gasteiger partial charge >= 0.3 is 5.97 Å². The van der Waals surface area contributed by atoms with Gasteiger partial charge in [0.1, 0.15) is 5.75 Å². The second-order valence-corrected chi connectivity index (χ2v) is 6.27. The molecule has 0 unspecified atom stereocenters. The Balaban J connectivity index is 2.09. The number of rotatable bonds is 4. The minimum Gasteiger partial charge on any atom is -0.496 e. The summed E-state index contributed by atoms with van der Waals surface area (Å²) in [6, 6.07) is 5.51. The van der Waals surface area contributed by atoms with Crippen molar-refractivity contribution in [2.45, 2.75) is 13.3 Å². The molecule has 5 nitrogen and oxygen atoms in total. The molecule has 0 aromatic heterocycles. The summed E-state index contributed by atoms with van der Waals surface area (Å²) < 4.78 is 6.14. The SMILES string of the molecule is COc1ccc(Br)cc1CC(=O)N1C[C@@H](C)[C@H](C(=O)O)C1. The molecule has 1 aliphatic rings. The Morgan fingerprint density at radius 3 is 2.71 bits per heavy atom. The summed E-state index contributed by atoms with van der Waals surface area (Å²) in [6.07, 6.45) is 0.210. The minimum absolute atomic E-state index is 0.0177. The molecular weight excluding hydrogens is 338 g/mol. The zero-order valence-electron chi connectivity index (χ0n) is 12.0. The molecule has 0 spiro atoms. The second kappa shape index (κ2) is 6.47. The lowest BCUT2D eigenvalue weighted by atomic mass is 9.99. The zero-order chi connectivity index (χ0) is 15.6. The van der Waals surface area contributed by atoms with Crippen molar-refractivity contribution < 1.29 is 19.4 Å². The van der Waals surface area contributed by atoms with Crippen molar-refractivity contribution in [3.8, 4) is 5.75 Å². The molecule has 1 N–H and O–H groups in total. The van der Waals surface area contributed by atoms with E-state index in [9.17, 15) is 9.59 Å². The van der Waals surface area contributed by atoms with E-state index >= 15 is 0 Å². The third-order valence-electron chi connectivity index (χ3n) is 3.87. The van der Waals surface area contributed by atoms with Gasteiger partial charge in [-0.3, -0.25) is 9.59 Å². The fourth-order valence-corrected chi connectivity index (χ4v) is 3.06. The molecule has 6 heteroatoms. The topological polar surface area (TPSA) is 66.8 Å². The highest BCUT2D eigenvalue weighted by Gasteiger charge is 2.36. The van der Waals surface area contributed by atoms with E-state index in [2.05, 4.69) is 15.9 Å². The molecule has 0 bridgehead atoms. The van der Waals surface area contributed by atoms with Crippen LogP contribution in [0.3, 0.4) is 0 Å². The van der Waals surface area contributed by atoms with Crippen LogP contribution in [0.25, 0.3) is 0 Å². The lowest BCUT2D eigenvalue weighted by molar-refractivity contribution is -0.142. The average molecular weight is 356 g/mol. The van der Waals surface area contributed by atoms with Gasteiger partial charge in [-0.2, -0.15) is 0 Å². The third-order valence-corrected chi connectivity index (χ3v) is 4.36. The normalized spacial score (nSPS) is 21.4. The molecule has 0 radical (unpaired) electrons. The second-order valence-electron chi connectivity index (χ2n) is 5.35. The largest absolute Gasteiger partial charge is 0.496 e. The molecular formula is C15H18BrNO4. The predicted molar refractivity (Wildman–Crippen MR) is 81.3 cm³/mol. The van der Waals surface area contributed by atoms with Gasteiger partial charge in [-0.1, -0.05) is 22.9 Å². The maximum atomic E-state index is 12.4. The van der Waals surface area contributed by atoms with Crippen molar-refractivity contribution in [3.63, 3.8) is 0 Å². The fraction of sp³-hybridized carbons (Fsp3) is 0.467.